The van der Waals surface area contributed by atoms with E-state index >= 15 is 0 Å². The van der Waals surface area contributed by atoms with E-state index in [0.29, 0.717) is 6.04 Å². The van der Waals surface area contributed by atoms with Gasteiger partial charge in [-0.1, -0.05) is 20.8 Å². The third-order valence-corrected chi connectivity index (χ3v) is 3.13. The molecule has 2 nitrogen and oxygen atoms in total. The van der Waals surface area contributed by atoms with Crippen LogP contribution >= 0.6 is 0 Å². The summed E-state index contributed by atoms with van der Waals surface area (Å²) in [7, 11) is 1.80. The first-order chi connectivity index (χ1) is 7.41. The van der Waals surface area contributed by atoms with E-state index in [9.17, 15) is 0 Å². The molecule has 0 aliphatic carbocycles. The van der Waals surface area contributed by atoms with Crippen LogP contribution in [0.3, 0.4) is 0 Å². The molecule has 1 unspecified atom stereocenters. The zero-order valence-electron chi connectivity index (χ0n) is 12.1. The van der Waals surface area contributed by atoms with Crippen LogP contribution in [-0.4, -0.2) is 25.3 Å². The van der Waals surface area contributed by atoms with Crippen LogP contribution in [0.1, 0.15) is 60.3 Å². The van der Waals surface area contributed by atoms with Crippen LogP contribution < -0.4 is 5.32 Å². The first-order valence-corrected chi connectivity index (χ1v) is 6.69. The van der Waals surface area contributed by atoms with Gasteiger partial charge in [-0.05, 0) is 52.0 Å². The van der Waals surface area contributed by atoms with Crippen LogP contribution in [-0.2, 0) is 4.74 Å². The predicted molar refractivity (Wildman–Crippen MR) is 71.9 cm³/mol. The Bertz CT molecular complexity index is 166. The second kappa shape index (κ2) is 8.08. The van der Waals surface area contributed by atoms with Gasteiger partial charge in [-0.15, -0.1) is 0 Å². The predicted octanol–water partition coefficient (Wildman–Crippen LogP) is 3.61. The van der Waals surface area contributed by atoms with Crippen molar-refractivity contribution in [2.24, 2.45) is 5.92 Å². The zero-order valence-corrected chi connectivity index (χ0v) is 12.1. The maximum Gasteiger partial charge on any atom is 0.0622 e. The van der Waals surface area contributed by atoms with Crippen molar-refractivity contribution >= 4 is 0 Å². The molecule has 2 heteroatoms. The molecule has 16 heavy (non-hydrogen) atoms. The third kappa shape index (κ3) is 8.12. The van der Waals surface area contributed by atoms with Gasteiger partial charge in [0.2, 0.25) is 0 Å². The molecule has 0 aliphatic heterocycles. The molecule has 0 saturated heterocycles. The van der Waals surface area contributed by atoms with Gasteiger partial charge < -0.3 is 10.1 Å². The van der Waals surface area contributed by atoms with Gasteiger partial charge in [-0.3, -0.25) is 0 Å². The highest BCUT2D eigenvalue weighted by atomic mass is 16.5. The highest BCUT2D eigenvalue weighted by molar-refractivity contribution is 4.72. The maximum atomic E-state index is 5.44. The minimum Gasteiger partial charge on any atom is -0.379 e. The van der Waals surface area contributed by atoms with E-state index < -0.39 is 0 Å². The Labute approximate surface area is 102 Å². The average molecular weight is 229 g/mol. The van der Waals surface area contributed by atoms with Crippen molar-refractivity contribution in [1.82, 2.24) is 5.32 Å². The number of hydrogen-bond acceptors (Lipinski definition) is 2. The monoisotopic (exact) mass is 229 g/mol. The zero-order chi connectivity index (χ0) is 12.6. The van der Waals surface area contributed by atoms with Crippen molar-refractivity contribution in [3.8, 4) is 0 Å². The first-order valence-electron chi connectivity index (χ1n) is 6.69. The fraction of sp³-hybridized carbons (Fsp3) is 1.00. The largest absolute Gasteiger partial charge is 0.379 e. The molecule has 0 rings (SSSR count). The van der Waals surface area contributed by atoms with E-state index in [1.165, 1.54) is 19.3 Å². The molecule has 0 aliphatic rings. The summed E-state index contributed by atoms with van der Waals surface area (Å²) in [4.78, 5) is 0. The van der Waals surface area contributed by atoms with Gasteiger partial charge in [-0.25, -0.2) is 0 Å². The van der Waals surface area contributed by atoms with Crippen LogP contribution in [0.4, 0.5) is 0 Å². The number of hydrogen-bond donors (Lipinski definition) is 1. The van der Waals surface area contributed by atoms with Gasteiger partial charge in [0.25, 0.3) is 0 Å². The number of rotatable bonds is 9. The Balaban J connectivity index is 3.83. The van der Waals surface area contributed by atoms with E-state index in [2.05, 4.69) is 39.9 Å². The molecule has 0 aromatic rings. The Hall–Kier alpha value is -0.0800. The standard InChI is InChI=1S/C14H31NO/c1-7-15-13(11-12(2)3)9-8-10-14(4,5)16-6/h12-13,15H,7-11H2,1-6H3. The van der Waals surface area contributed by atoms with Gasteiger partial charge in [0.05, 0.1) is 5.60 Å². The van der Waals surface area contributed by atoms with Gasteiger partial charge in [-0.2, -0.15) is 0 Å². The van der Waals surface area contributed by atoms with Crippen LogP contribution in [0, 0.1) is 5.92 Å². The van der Waals surface area contributed by atoms with Gasteiger partial charge in [0.1, 0.15) is 0 Å². The smallest absolute Gasteiger partial charge is 0.0622 e. The summed E-state index contributed by atoms with van der Waals surface area (Å²) in [5.41, 5.74) is 0.0363. The topological polar surface area (TPSA) is 21.3 Å². The second-order valence-electron chi connectivity index (χ2n) is 5.74. The van der Waals surface area contributed by atoms with E-state index in [-0.39, 0.29) is 5.60 Å². The van der Waals surface area contributed by atoms with Crippen molar-refractivity contribution in [1.29, 1.82) is 0 Å². The average Bonchev–Trinajstić information content (AvgIpc) is 2.17. The lowest BCUT2D eigenvalue weighted by atomic mass is 9.95. The summed E-state index contributed by atoms with van der Waals surface area (Å²) >= 11 is 0. The molecule has 1 atom stereocenters. The fourth-order valence-electron chi connectivity index (χ4n) is 2.04. The summed E-state index contributed by atoms with van der Waals surface area (Å²) < 4.78 is 5.44. The van der Waals surface area contributed by atoms with E-state index in [0.717, 1.165) is 18.9 Å². The Morgan fingerprint density at radius 3 is 2.31 bits per heavy atom. The van der Waals surface area contributed by atoms with E-state index in [4.69, 9.17) is 4.74 Å². The Morgan fingerprint density at radius 1 is 1.25 bits per heavy atom. The number of ether oxygens (including phenoxy) is 1. The fourth-order valence-corrected chi connectivity index (χ4v) is 2.04. The molecule has 0 spiro atoms. The summed E-state index contributed by atoms with van der Waals surface area (Å²) in [6.07, 6.45) is 4.93. The van der Waals surface area contributed by atoms with Crippen LogP contribution in [0.2, 0.25) is 0 Å². The third-order valence-electron chi connectivity index (χ3n) is 3.13. The summed E-state index contributed by atoms with van der Waals surface area (Å²) in [6, 6.07) is 0.678. The summed E-state index contributed by atoms with van der Waals surface area (Å²) in [5, 5.41) is 3.58. The minimum atomic E-state index is 0.0363. The lowest BCUT2D eigenvalue weighted by Crippen LogP contribution is -2.31. The van der Waals surface area contributed by atoms with Crippen molar-refractivity contribution in [3.63, 3.8) is 0 Å². The number of methoxy groups -OCH3 is 1. The maximum absolute atomic E-state index is 5.44. The van der Waals surface area contributed by atoms with Crippen molar-refractivity contribution in [2.75, 3.05) is 13.7 Å². The normalized spacial score (nSPS) is 14.4. The molecule has 0 fully saturated rings. The second-order valence-corrected chi connectivity index (χ2v) is 5.74. The summed E-state index contributed by atoms with van der Waals surface area (Å²) in [6.45, 7) is 12.2. The Morgan fingerprint density at radius 2 is 1.88 bits per heavy atom. The summed E-state index contributed by atoms with van der Waals surface area (Å²) in [5.74, 6) is 0.777. The number of nitrogens with one attached hydrogen (secondary N) is 1. The van der Waals surface area contributed by atoms with Crippen LogP contribution in [0.5, 0.6) is 0 Å². The molecular weight excluding hydrogens is 198 g/mol. The molecule has 0 bridgehead atoms. The van der Waals surface area contributed by atoms with Crippen LogP contribution in [0.15, 0.2) is 0 Å². The molecule has 0 heterocycles. The van der Waals surface area contributed by atoms with Gasteiger partial charge >= 0.3 is 0 Å². The van der Waals surface area contributed by atoms with Crippen molar-refractivity contribution in [2.45, 2.75) is 71.9 Å². The van der Waals surface area contributed by atoms with Crippen molar-refractivity contribution < 1.29 is 4.74 Å². The lowest BCUT2D eigenvalue weighted by molar-refractivity contribution is 0.0129. The van der Waals surface area contributed by atoms with Gasteiger partial charge in [0.15, 0.2) is 0 Å². The van der Waals surface area contributed by atoms with Crippen molar-refractivity contribution in [3.05, 3.63) is 0 Å². The first kappa shape index (κ1) is 15.9. The molecule has 0 radical (unpaired) electrons. The quantitative estimate of drug-likeness (QED) is 0.652. The lowest BCUT2D eigenvalue weighted by Gasteiger charge is -2.25. The molecule has 1 N–H and O–H groups in total. The highest BCUT2D eigenvalue weighted by Crippen LogP contribution is 2.19. The van der Waals surface area contributed by atoms with Gasteiger partial charge in [0, 0.05) is 13.2 Å². The Kier molecular flexibility index (Phi) is 8.04. The SMILES string of the molecule is CCNC(CCCC(C)(C)OC)CC(C)C. The molecule has 0 aromatic carbocycles. The molecular formula is C14H31NO. The molecule has 0 saturated carbocycles. The highest BCUT2D eigenvalue weighted by Gasteiger charge is 2.17. The van der Waals surface area contributed by atoms with E-state index in [1.807, 2.05) is 0 Å². The van der Waals surface area contributed by atoms with Crippen LogP contribution in [0.25, 0.3) is 0 Å². The minimum absolute atomic E-state index is 0.0363. The molecule has 98 valence electrons. The molecule has 0 amide bonds. The van der Waals surface area contributed by atoms with E-state index in [1.54, 1.807) is 7.11 Å². The molecule has 0 aromatic heterocycles.